The van der Waals surface area contributed by atoms with Crippen molar-refractivity contribution in [3.63, 3.8) is 0 Å². The van der Waals surface area contributed by atoms with Crippen LogP contribution in [-0.4, -0.2) is 12.1 Å². The molecule has 0 aliphatic carbocycles. The Bertz CT molecular complexity index is 576. The van der Waals surface area contributed by atoms with Gasteiger partial charge in [-0.05, 0) is 52.3 Å². The third-order valence-corrected chi connectivity index (χ3v) is 3.01. The topological polar surface area (TPSA) is 54.6 Å². The molecule has 2 rings (SSSR count). The molecule has 0 atom stereocenters. The number of furan rings is 1. The maximum Gasteiger partial charge on any atom is 0.271 e. The average Bonchev–Trinajstić information content (AvgIpc) is 2.76. The van der Waals surface area contributed by atoms with Crippen molar-refractivity contribution >= 4 is 44.0 Å². The van der Waals surface area contributed by atoms with Crippen LogP contribution in [0.1, 0.15) is 16.1 Å². The number of hydrazone groups is 1. The smallest absolute Gasteiger partial charge is 0.271 e. The molecular formula is C12H8Br2N2O2. The highest BCUT2D eigenvalue weighted by Crippen LogP contribution is 2.12. The van der Waals surface area contributed by atoms with E-state index in [9.17, 15) is 4.79 Å². The molecule has 1 aromatic heterocycles. The summed E-state index contributed by atoms with van der Waals surface area (Å²) in [6, 6.07) is 10.5. The Kier molecular flexibility index (Phi) is 4.33. The largest absolute Gasteiger partial charge is 0.448 e. The normalized spacial score (nSPS) is 10.8. The lowest BCUT2D eigenvalue weighted by molar-refractivity contribution is 0.0955. The molecule has 0 aliphatic heterocycles. The summed E-state index contributed by atoms with van der Waals surface area (Å²) in [5, 5.41) is 3.80. The van der Waals surface area contributed by atoms with Crippen molar-refractivity contribution in [3.05, 3.63) is 56.9 Å². The first-order valence-corrected chi connectivity index (χ1v) is 6.58. The molecule has 6 heteroatoms. The lowest BCUT2D eigenvalue weighted by atomic mass is 10.2. The highest BCUT2D eigenvalue weighted by molar-refractivity contribution is 9.10. The zero-order chi connectivity index (χ0) is 13.0. The molecule has 92 valence electrons. The first-order chi connectivity index (χ1) is 8.65. The second kappa shape index (κ2) is 5.97. The number of amides is 1. The summed E-state index contributed by atoms with van der Waals surface area (Å²) in [7, 11) is 0. The number of rotatable bonds is 3. The molecule has 0 saturated heterocycles. The Morgan fingerprint density at radius 3 is 2.50 bits per heavy atom. The fourth-order valence-corrected chi connectivity index (χ4v) is 1.80. The third kappa shape index (κ3) is 3.54. The number of nitrogens with zero attached hydrogens (tertiary/aromatic N) is 1. The quantitative estimate of drug-likeness (QED) is 0.662. The van der Waals surface area contributed by atoms with Gasteiger partial charge in [0.1, 0.15) is 5.76 Å². The van der Waals surface area contributed by atoms with Crippen LogP contribution < -0.4 is 5.43 Å². The molecule has 2 aromatic rings. The van der Waals surface area contributed by atoms with Gasteiger partial charge in [0.05, 0.1) is 6.21 Å². The van der Waals surface area contributed by atoms with E-state index in [-0.39, 0.29) is 5.91 Å². The van der Waals surface area contributed by atoms with Crippen molar-refractivity contribution in [1.82, 2.24) is 5.43 Å². The highest BCUT2D eigenvalue weighted by Gasteiger charge is 2.03. The lowest BCUT2D eigenvalue weighted by Gasteiger charge is -1.99. The minimum atomic E-state index is -0.274. The summed E-state index contributed by atoms with van der Waals surface area (Å²) in [6.45, 7) is 0. The van der Waals surface area contributed by atoms with Crippen LogP contribution in [0.3, 0.4) is 0 Å². The van der Waals surface area contributed by atoms with E-state index < -0.39 is 0 Å². The predicted molar refractivity (Wildman–Crippen MR) is 75.6 cm³/mol. The van der Waals surface area contributed by atoms with Crippen LogP contribution in [0.5, 0.6) is 0 Å². The minimum absolute atomic E-state index is 0.274. The third-order valence-electron chi connectivity index (χ3n) is 2.06. The average molecular weight is 372 g/mol. The van der Waals surface area contributed by atoms with Gasteiger partial charge in [-0.15, -0.1) is 0 Å². The number of hydrogen-bond acceptors (Lipinski definition) is 3. The first-order valence-electron chi connectivity index (χ1n) is 4.99. The summed E-state index contributed by atoms with van der Waals surface area (Å²) in [4.78, 5) is 11.7. The van der Waals surface area contributed by atoms with E-state index in [1.165, 1.54) is 6.21 Å². The Morgan fingerprint density at radius 1 is 1.17 bits per heavy atom. The fraction of sp³-hybridized carbons (Fsp3) is 0. The van der Waals surface area contributed by atoms with Crippen LogP contribution in [0, 0.1) is 0 Å². The number of nitrogens with one attached hydrogen (secondary N) is 1. The van der Waals surface area contributed by atoms with Crippen LogP contribution >= 0.6 is 31.9 Å². The van der Waals surface area contributed by atoms with Gasteiger partial charge in [-0.1, -0.05) is 15.9 Å². The second-order valence-corrected chi connectivity index (χ2v) is 5.05. The standard InChI is InChI=1S/C12H8Br2N2O2/c13-9-3-1-8(2-4-9)12(17)16-15-7-10-5-6-11(14)18-10/h1-7H,(H,16,17). The van der Waals surface area contributed by atoms with Gasteiger partial charge < -0.3 is 4.42 Å². The molecule has 1 aromatic carbocycles. The molecule has 0 spiro atoms. The van der Waals surface area contributed by atoms with E-state index in [1.54, 1.807) is 36.4 Å². The van der Waals surface area contributed by atoms with Gasteiger partial charge in [0.25, 0.3) is 5.91 Å². The van der Waals surface area contributed by atoms with E-state index in [2.05, 4.69) is 42.4 Å². The lowest BCUT2D eigenvalue weighted by Crippen LogP contribution is -2.17. The van der Waals surface area contributed by atoms with Crippen LogP contribution in [0.25, 0.3) is 0 Å². The molecule has 0 saturated carbocycles. The second-order valence-electron chi connectivity index (χ2n) is 3.35. The molecule has 0 fully saturated rings. The summed E-state index contributed by atoms with van der Waals surface area (Å²) in [5.74, 6) is 0.280. The fourth-order valence-electron chi connectivity index (χ4n) is 1.22. The van der Waals surface area contributed by atoms with E-state index in [1.807, 2.05) is 0 Å². The van der Waals surface area contributed by atoms with E-state index >= 15 is 0 Å². The number of hydrogen-bond donors (Lipinski definition) is 1. The molecule has 4 nitrogen and oxygen atoms in total. The van der Waals surface area contributed by atoms with Crippen LogP contribution in [-0.2, 0) is 0 Å². The molecule has 1 N–H and O–H groups in total. The predicted octanol–water partition coefficient (Wildman–Crippen LogP) is 3.57. The van der Waals surface area contributed by atoms with Crippen molar-refractivity contribution in [1.29, 1.82) is 0 Å². The zero-order valence-corrected chi connectivity index (χ0v) is 12.2. The van der Waals surface area contributed by atoms with Gasteiger partial charge >= 0.3 is 0 Å². The Balaban J connectivity index is 1.96. The minimum Gasteiger partial charge on any atom is -0.448 e. The Morgan fingerprint density at radius 2 is 1.89 bits per heavy atom. The van der Waals surface area contributed by atoms with Gasteiger partial charge in [-0.2, -0.15) is 5.10 Å². The van der Waals surface area contributed by atoms with Crippen LogP contribution in [0.15, 0.2) is 55.1 Å². The summed E-state index contributed by atoms with van der Waals surface area (Å²) in [5.41, 5.74) is 2.95. The molecule has 1 heterocycles. The van der Waals surface area contributed by atoms with Crippen molar-refractivity contribution in [3.8, 4) is 0 Å². The monoisotopic (exact) mass is 370 g/mol. The van der Waals surface area contributed by atoms with E-state index in [0.29, 0.717) is 16.0 Å². The number of halogens is 2. The van der Waals surface area contributed by atoms with Crippen molar-refractivity contribution in [2.24, 2.45) is 5.10 Å². The number of carbonyl (C=O) groups is 1. The molecule has 18 heavy (non-hydrogen) atoms. The van der Waals surface area contributed by atoms with Gasteiger partial charge in [0.2, 0.25) is 0 Å². The molecule has 0 bridgehead atoms. The molecular weight excluding hydrogens is 364 g/mol. The number of carbonyl (C=O) groups excluding carboxylic acids is 1. The maximum atomic E-state index is 11.7. The van der Waals surface area contributed by atoms with Crippen molar-refractivity contribution < 1.29 is 9.21 Å². The first kappa shape index (κ1) is 13.0. The highest BCUT2D eigenvalue weighted by atomic mass is 79.9. The molecule has 0 radical (unpaired) electrons. The van der Waals surface area contributed by atoms with Crippen molar-refractivity contribution in [2.45, 2.75) is 0 Å². The zero-order valence-electron chi connectivity index (χ0n) is 9.06. The van der Waals surface area contributed by atoms with E-state index in [0.717, 1.165) is 4.47 Å². The van der Waals surface area contributed by atoms with E-state index in [4.69, 9.17) is 4.42 Å². The number of benzene rings is 1. The van der Waals surface area contributed by atoms with Crippen molar-refractivity contribution in [2.75, 3.05) is 0 Å². The maximum absolute atomic E-state index is 11.7. The molecule has 0 aliphatic rings. The Hall–Kier alpha value is -1.40. The molecule has 1 amide bonds. The summed E-state index contributed by atoms with van der Waals surface area (Å²) < 4.78 is 6.73. The van der Waals surface area contributed by atoms with Crippen LogP contribution in [0.4, 0.5) is 0 Å². The Labute approximate surface area is 120 Å². The van der Waals surface area contributed by atoms with Gasteiger partial charge in [-0.3, -0.25) is 4.79 Å². The summed E-state index contributed by atoms with van der Waals surface area (Å²) in [6.07, 6.45) is 1.43. The molecule has 0 unspecified atom stereocenters. The SMILES string of the molecule is O=C(NN=Cc1ccc(Br)o1)c1ccc(Br)cc1. The van der Waals surface area contributed by atoms with Gasteiger partial charge in [0, 0.05) is 10.0 Å². The van der Waals surface area contributed by atoms with Gasteiger partial charge in [0.15, 0.2) is 4.67 Å². The van der Waals surface area contributed by atoms with Gasteiger partial charge in [-0.25, -0.2) is 5.43 Å². The summed E-state index contributed by atoms with van der Waals surface area (Å²) >= 11 is 6.48. The van der Waals surface area contributed by atoms with Crippen LogP contribution in [0.2, 0.25) is 0 Å².